The summed E-state index contributed by atoms with van der Waals surface area (Å²) in [6.45, 7) is 0. The Morgan fingerprint density at radius 2 is 2.00 bits per heavy atom. The molecule has 0 amide bonds. The molecule has 0 spiro atoms. The summed E-state index contributed by atoms with van der Waals surface area (Å²) in [5.41, 5.74) is 0. The molecule has 1 rings (SSSR count). The number of carboxylic acids is 1. The molecule has 0 heterocycles. The lowest BCUT2D eigenvalue weighted by atomic mass is 9.83. The summed E-state index contributed by atoms with van der Waals surface area (Å²) in [6.07, 6.45) is -2.12. The lowest BCUT2D eigenvalue weighted by Gasteiger charge is -2.25. The fourth-order valence-electron chi connectivity index (χ4n) is 1.50. The van der Waals surface area contributed by atoms with Crippen molar-refractivity contribution in [2.75, 3.05) is 0 Å². The van der Waals surface area contributed by atoms with Gasteiger partial charge in [0.05, 0.1) is 6.42 Å². The third-order valence-electron chi connectivity index (χ3n) is 2.06. The second-order valence-electron chi connectivity index (χ2n) is 3.35. The molecule has 6 heteroatoms. The lowest BCUT2D eigenvalue weighted by Crippen LogP contribution is -2.37. The minimum Gasteiger partial charge on any atom is -0.475 e. The smallest absolute Gasteiger partial charge is 0.372 e. The average Bonchev–Trinajstić information content (AvgIpc) is 1.98. The van der Waals surface area contributed by atoms with Crippen LogP contribution < -0.4 is 0 Å². The molecule has 0 radical (unpaired) electrons. The molecule has 1 aliphatic carbocycles. The van der Waals surface area contributed by atoms with Crippen LogP contribution in [0, 0.1) is 5.92 Å². The molecule has 0 aromatic heterocycles. The molecule has 0 saturated heterocycles. The predicted octanol–water partition coefficient (Wildman–Crippen LogP) is 0.645. The summed E-state index contributed by atoms with van der Waals surface area (Å²) in [5, 5.41) is 8.28. The Morgan fingerprint density at radius 3 is 2.43 bits per heavy atom. The fourth-order valence-corrected chi connectivity index (χ4v) is 1.50. The SMILES string of the molecule is O=C1CC(C(=O)C(=O)O)CC(F)(F)C1. The first-order chi connectivity index (χ1) is 6.32. The molecule has 1 saturated carbocycles. The van der Waals surface area contributed by atoms with Crippen molar-refractivity contribution in [2.24, 2.45) is 5.92 Å². The highest BCUT2D eigenvalue weighted by Gasteiger charge is 2.44. The number of carbonyl (C=O) groups excluding carboxylic acids is 2. The number of carboxylic acid groups (broad SMARTS) is 1. The van der Waals surface area contributed by atoms with E-state index in [2.05, 4.69) is 0 Å². The van der Waals surface area contributed by atoms with Crippen LogP contribution in [0.4, 0.5) is 8.78 Å². The van der Waals surface area contributed by atoms with Gasteiger partial charge >= 0.3 is 5.97 Å². The van der Waals surface area contributed by atoms with E-state index >= 15 is 0 Å². The molecule has 1 unspecified atom stereocenters. The van der Waals surface area contributed by atoms with Crippen molar-refractivity contribution in [2.45, 2.75) is 25.2 Å². The van der Waals surface area contributed by atoms with Gasteiger partial charge in [-0.25, -0.2) is 13.6 Å². The average molecular weight is 206 g/mol. The summed E-state index contributed by atoms with van der Waals surface area (Å²) in [5.74, 6) is -8.45. The van der Waals surface area contributed by atoms with E-state index in [4.69, 9.17) is 5.11 Å². The second-order valence-corrected chi connectivity index (χ2v) is 3.35. The van der Waals surface area contributed by atoms with Crippen LogP contribution in [0.1, 0.15) is 19.3 Å². The van der Waals surface area contributed by atoms with Gasteiger partial charge in [-0.1, -0.05) is 0 Å². The minimum absolute atomic E-state index is 0.388. The summed E-state index contributed by atoms with van der Waals surface area (Å²) in [6, 6.07) is 0. The van der Waals surface area contributed by atoms with E-state index in [0.717, 1.165) is 0 Å². The maximum Gasteiger partial charge on any atom is 0.372 e. The van der Waals surface area contributed by atoms with Gasteiger partial charge in [0.2, 0.25) is 5.78 Å². The third-order valence-corrected chi connectivity index (χ3v) is 2.06. The van der Waals surface area contributed by atoms with Crippen LogP contribution in [0.3, 0.4) is 0 Å². The van der Waals surface area contributed by atoms with E-state index in [1.54, 1.807) is 0 Å². The van der Waals surface area contributed by atoms with Crippen molar-refractivity contribution in [3.63, 3.8) is 0 Å². The van der Waals surface area contributed by atoms with E-state index < -0.39 is 42.2 Å². The number of ketones is 2. The monoisotopic (exact) mass is 206 g/mol. The van der Waals surface area contributed by atoms with Gasteiger partial charge in [-0.15, -0.1) is 0 Å². The Hall–Kier alpha value is -1.33. The molecule has 4 nitrogen and oxygen atoms in total. The summed E-state index contributed by atoms with van der Waals surface area (Å²) >= 11 is 0. The van der Waals surface area contributed by atoms with Crippen molar-refractivity contribution in [1.29, 1.82) is 0 Å². The molecule has 1 N–H and O–H groups in total. The first-order valence-electron chi connectivity index (χ1n) is 3.98. The van der Waals surface area contributed by atoms with Crippen LogP contribution in [0.15, 0.2) is 0 Å². The highest BCUT2D eigenvalue weighted by molar-refractivity contribution is 6.34. The number of rotatable bonds is 2. The molecule has 1 fully saturated rings. The Bertz CT molecular complexity index is 298. The lowest BCUT2D eigenvalue weighted by molar-refractivity contribution is -0.155. The number of hydrogen-bond donors (Lipinski definition) is 1. The Labute approximate surface area is 77.9 Å². The van der Waals surface area contributed by atoms with Crippen LogP contribution in [0.25, 0.3) is 0 Å². The topological polar surface area (TPSA) is 71.4 Å². The van der Waals surface area contributed by atoms with Gasteiger partial charge in [0, 0.05) is 18.8 Å². The van der Waals surface area contributed by atoms with E-state index in [0.29, 0.717) is 0 Å². The van der Waals surface area contributed by atoms with E-state index in [-0.39, 0.29) is 6.42 Å². The number of carbonyl (C=O) groups is 3. The fraction of sp³-hybridized carbons (Fsp3) is 0.625. The Balaban J connectivity index is 2.77. The molecule has 0 aromatic carbocycles. The number of alkyl halides is 2. The second kappa shape index (κ2) is 3.43. The molecule has 1 aliphatic rings. The van der Waals surface area contributed by atoms with Gasteiger partial charge in [-0.2, -0.15) is 0 Å². The zero-order valence-electron chi connectivity index (χ0n) is 7.13. The van der Waals surface area contributed by atoms with Crippen LogP contribution in [-0.4, -0.2) is 28.6 Å². The van der Waals surface area contributed by atoms with Crippen LogP contribution in [0.5, 0.6) is 0 Å². The normalized spacial score (nSPS) is 25.9. The van der Waals surface area contributed by atoms with Gasteiger partial charge in [0.15, 0.2) is 0 Å². The number of Topliss-reactive ketones (excluding diaryl/α,β-unsaturated/α-hetero) is 2. The molecule has 0 bridgehead atoms. The van der Waals surface area contributed by atoms with Crippen molar-refractivity contribution in [3.05, 3.63) is 0 Å². The first-order valence-corrected chi connectivity index (χ1v) is 3.98. The Kier molecular flexibility index (Phi) is 2.64. The van der Waals surface area contributed by atoms with Crippen molar-refractivity contribution in [1.82, 2.24) is 0 Å². The van der Waals surface area contributed by atoms with Crippen molar-refractivity contribution < 1.29 is 28.3 Å². The standard InChI is InChI=1S/C8H8F2O4/c9-8(10)2-4(1-5(11)3-8)6(12)7(13)14/h4H,1-3H2,(H,13,14). The molecular weight excluding hydrogens is 198 g/mol. The zero-order valence-corrected chi connectivity index (χ0v) is 7.13. The molecule has 14 heavy (non-hydrogen) atoms. The maximum absolute atomic E-state index is 12.8. The van der Waals surface area contributed by atoms with Gasteiger partial charge in [-0.05, 0) is 0 Å². The van der Waals surface area contributed by atoms with Gasteiger partial charge in [0.25, 0.3) is 5.92 Å². The zero-order chi connectivity index (χ0) is 10.9. The highest BCUT2D eigenvalue weighted by atomic mass is 19.3. The summed E-state index contributed by atoms with van der Waals surface area (Å²) in [7, 11) is 0. The number of halogens is 2. The van der Waals surface area contributed by atoms with Crippen LogP contribution in [-0.2, 0) is 14.4 Å². The predicted molar refractivity (Wildman–Crippen MR) is 39.9 cm³/mol. The van der Waals surface area contributed by atoms with Crippen molar-refractivity contribution >= 4 is 17.5 Å². The van der Waals surface area contributed by atoms with Gasteiger partial charge in [-0.3, -0.25) is 9.59 Å². The molecule has 0 aliphatic heterocycles. The molecular formula is C8H8F2O4. The van der Waals surface area contributed by atoms with Crippen molar-refractivity contribution in [3.8, 4) is 0 Å². The van der Waals surface area contributed by atoms with Crippen LogP contribution in [0.2, 0.25) is 0 Å². The van der Waals surface area contributed by atoms with Crippen LogP contribution >= 0.6 is 0 Å². The summed E-state index contributed by atoms with van der Waals surface area (Å²) < 4.78 is 25.5. The number of hydrogen-bond acceptors (Lipinski definition) is 3. The quantitative estimate of drug-likeness (QED) is 0.673. The largest absolute Gasteiger partial charge is 0.475 e. The third kappa shape index (κ3) is 2.34. The van der Waals surface area contributed by atoms with E-state index in [1.807, 2.05) is 0 Å². The highest BCUT2D eigenvalue weighted by Crippen LogP contribution is 2.35. The summed E-state index contributed by atoms with van der Waals surface area (Å²) in [4.78, 5) is 31.8. The van der Waals surface area contributed by atoms with Gasteiger partial charge in [0.1, 0.15) is 5.78 Å². The Morgan fingerprint density at radius 1 is 1.43 bits per heavy atom. The molecule has 78 valence electrons. The number of aliphatic carboxylic acids is 1. The van der Waals surface area contributed by atoms with Gasteiger partial charge < -0.3 is 5.11 Å². The molecule has 0 aromatic rings. The minimum atomic E-state index is -3.24. The molecule has 1 atom stereocenters. The maximum atomic E-state index is 12.8. The first kappa shape index (κ1) is 10.7. The van der Waals surface area contributed by atoms with E-state index in [9.17, 15) is 23.2 Å². The van der Waals surface area contributed by atoms with E-state index in [1.165, 1.54) is 0 Å².